The fourth-order valence-electron chi connectivity index (χ4n) is 7.92. The molecule has 2 aromatic heterocycles. The summed E-state index contributed by atoms with van der Waals surface area (Å²) in [4.78, 5) is 49.7. The van der Waals surface area contributed by atoms with E-state index in [2.05, 4.69) is 25.6 Å². The number of hydrogen-bond donors (Lipinski definition) is 3. The van der Waals surface area contributed by atoms with Gasteiger partial charge in [-0.2, -0.15) is 0 Å². The summed E-state index contributed by atoms with van der Waals surface area (Å²) in [5, 5.41) is 17.5. The minimum Gasteiger partial charge on any atom is -0.497 e. The lowest BCUT2D eigenvalue weighted by molar-refractivity contribution is -0.151. The third-order valence-corrected chi connectivity index (χ3v) is 11.1. The molecule has 2 aliphatic rings. The van der Waals surface area contributed by atoms with E-state index in [1.807, 2.05) is 78.9 Å². The van der Waals surface area contributed by atoms with Gasteiger partial charge in [-0.1, -0.05) is 54.6 Å². The highest BCUT2D eigenvalue weighted by Gasteiger charge is 2.48. The first kappa shape index (κ1) is 42.2. The first-order chi connectivity index (χ1) is 29.1. The van der Waals surface area contributed by atoms with Gasteiger partial charge in [0.2, 0.25) is 0 Å². The Morgan fingerprint density at radius 3 is 2.07 bits per heavy atom. The molecule has 316 valence electrons. The zero-order valence-corrected chi connectivity index (χ0v) is 34.0. The van der Waals surface area contributed by atoms with Crippen molar-refractivity contribution in [2.45, 2.75) is 87.7 Å². The molecule has 0 unspecified atom stereocenters. The monoisotopic (exact) mass is 822 g/mol. The van der Waals surface area contributed by atoms with Gasteiger partial charge in [0.05, 0.1) is 33.6 Å². The van der Waals surface area contributed by atoms with Crippen LogP contribution in [0, 0.1) is 0 Å². The number of ether oxygens (including phenoxy) is 6. The predicted octanol–water partition coefficient (Wildman–Crippen LogP) is 5.47. The molecule has 0 spiro atoms. The number of aliphatic hydroxyl groups is 1. The van der Waals surface area contributed by atoms with Gasteiger partial charge in [0.1, 0.15) is 53.6 Å². The lowest BCUT2D eigenvalue weighted by Gasteiger charge is -2.37. The molecule has 4 atom stereocenters. The number of methoxy groups -OCH3 is 3. The fourth-order valence-corrected chi connectivity index (χ4v) is 7.92. The SMILES string of the molecule is COc1ccc(C(OC[C@H]2O[C@@H](n3cnc4c(NC(=O)NC5CCC(OC(=O)CCC(C)=O)CC5)ncnc43)[C@H](OC)[C@@H]2O)(c2ccccc2)c2ccc(OC)cc2)cc1. The van der Waals surface area contributed by atoms with E-state index < -0.39 is 36.2 Å². The van der Waals surface area contributed by atoms with Crippen LogP contribution in [0.15, 0.2) is 91.5 Å². The van der Waals surface area contributed by atoms with Crippen LogP contribution >= 0.6 is 0 Å². The number of aliphatic hydroxyl groups excluding tert-OH is 1. The van der Waals surface area contributed by atoms with Crippen LogP contribution in [-0.4, -0.2) is 101 Å². The van der Waals surface area contributed by atoms with Crippen LogP contribution in [0.3, 0.4) is 0 Å². The van der Waals surface area contributed by atoms with Gasteiger partial charge in [0, 0.05) is 19.6 Å². The molecule has 2 amide bonds. The van der Waals surface area contributed by atoms with Gasteiger partial charge in [-0.3, -0.25) is 14.7 Å². The average Bonchev–Trinajstić information content (AvgIpc) is 3.85. The second-order valence-electron chi connectivity index (χ2n) is 14.9. The van der Waals surface area contributed by atoms with E-state index in [0.29, 0.717) is 48.3 Å². The Balaban J connectivity index is 1.07. The quantitative estimate of drug-likeness (QED) is 0.0839. The highest BCUT2D eigenvalue weighted by atomic mass is 16.6. The normalized spacial score (nSPS) is 21.6. The number of carbonyl (C=O) groups excluding carboxylic acids is 3. The van der Waals surface area contributed by atoms with Crippen molar-refractivity contribution in [1.29, 1.82) is 0 Å². The summed E-state index contributed by atoms with van der Waals surface area (Å²) in [6.45, 7) is 1.39. The molecule has 16 heteroatoms. The highest BCUT2D eigenvalue weighted by molar-refractivity contribution is 5.96. The first-order valence-electron chi connectivity index (χ1n) is 19.9. The number of anilines is 1. The van der Waals surface area contributed by atoms with E-state index in [1.165, 1.54) is 26.7 Å². The number of imidazole rings is 1. The maximum atomic E-state index is 13.2. The smallest absolute Gasteiger partial charge is 0.320 e. The van der Waals surface area contributed by atoms with Crippen LogP contribution in [0.25, 0.3) is 11.2 Å². The lowest BCUT2D eigenvalue weighted by atomic mass is 9.80. The fraction of sp³-hybridized carbons (Fsp3) is 0.409. The van der Waals surface area contributed by atoms with E-state index in [4.69, 9.17) is 28.4 Å². The maximum Gasteiger partial charge on any atom is 0.320 e. The van der Waals surface area contributed by atoms with Crippen molar-refractivity contribution in [3.63, 3.8) is 0 Å². The van der Waals surface area contributed by atoms with Gasteiger partial charge in [0.15, 0.2) is 23.2 Å². The molecular formula is C44H50N6O10. The molecule has 3 N–H and O–H groups in total. The van der Waals surface area contributed by atoms with Crippen LogP contribution in [0.4, 0.5) is 10.6 Å². The van der Waals surface area contributed by atoms with Crippen molar-refractivity contribution >= 4 is 34.8 Å². The number of hydrogen-bond acceptors (Lipinski definition) is 13. The maximum absolute atomic E-state index is 13.2. The molecule has 0 bridgehead atoms. The number of urea groups is 1. The van der Waals surface area contributed by atoms with Crippen LogP contribution < -0.4 is 20.1 Å². The van der Waals surface area contributed by atoms with Gasteiger partial charge in [-0.15, -0.1) is 0 Å². The number of aromatic nitrogens is 4. The molecule has 1 saturated heterocycles. The molecule has 3 aromatic carbocycles. The predicted molar refractivity (Wildman–Crippen MR) is 219 cm³/mol. The van der Waals surface area contributed by atoms with Gasteiger partial charge < -0.3 is 43.6 Å². The molecule has 3 heterocycles. The molecule has 2 fully saturated rings. The van der Waals surface area contributed by atoms with Crippen LogP contribution in [0.5, 0.6) is 11.5 Å². The van der Waals surface area contributed by atoms with Gasteiger partial charge in [-0.25, -0.2) is 19.7 Å². The van der Waals surface area contributed by atoms with E-state index in [0.717, 1.165) is 16.7 Å². The summed E-state index contributed by atoms with van der Waals surface area (Å²) in [5.74, 6) is 1.12. The van der Waals surface area contributed by atoms with E-state index in [9.17, 15) is 19.5 Å². The summed E-state index contributed by atoms with van der Waals surface area (Å²) in [5.41, 5.74) is 2.01. The van der Waals surface area contributed by atoms with Crippen molar-refractivity contribution < 1.29 is 47.9 Å². The van der Waals surface area contributed by atoms with Crippen molar-refractivity contribution in [2.24, 2.45) is 0 Å². The molecule has 1 aliphatic carbocycles. The number of ketones is 1. The third kappa shape index (κ3) is 9.11. The molecule has 60 heavy (non-hydrogen) atoms. The van der Waals surface area contributed by atoms with Crippen molar-refractivity contribution in [2.75, 3.05) is 33.3 Å². The molecule has 16 nitrogen and oxygen atoms in total. The Labute approximate surface area is 347 Å². The molecule has 1 saturated carbocycles. The number of fused-ring (bicyclic) bond motifs is 1. The first-order valence-corrected chi connectivity index (χ1v) is 19.9. The molecule has 0 radical (unpaired) electrons. The zero-order chi connectivity index (χ0) is 42.2. The third-order valence-electron chi connectivity index (χ3n) is 11.1. The van der Waals surface area contributed by atoms with Gasteiger partial charge in [0.25, 0.3) is 0 Å². The summed E-state index contributed by atoms with van der Waals surface area (Å²) in [7, 11) is 4.72. The van der Waals surface area contributed by atoms with E-state index in [1.54, 1.807) is 18.8 Å². The number of carbonyl (C=O) groups is 3. The topological polar surface area (TPSA) is 194 Å². The Morgan fingerprint density at radius 1 is 0.833 bits per heavy atom. The number of Topliss-reactive ketones (excluding diaryl/α,β-unsaturated/α-hetero) is 1. The largest absolute Gasteiger partial charge is 0.497 e. The summed E-state index contributed by atoms with van der Waals surface area (Å²) >= 11 is 0. The highest BCUT2D eigenvalue weighted by Crippen LogP contribution is 2.43. The minimum atomic E-state index is -1.15. The Hall–Kier alpha value is -5.94. The lowest BCUT2D eigenvalue weighted by Crippen LogP contribution is -2.41. The second-order valence-corrected chi connectivity index (χ2v) is 14.9. The summed E-state index contributed by atoms with van der Waals surface area (Å²) < 4.78 is 37.5. The number of rotatable bonds is 16. The number of esters is 1. The summed E-state index contributed by atoms with van der Waals surface area (Å²) in [6.07, 6.45) is 1.52. The van der Waals surface area contributed by atoms with Gasteiger partial charge in [-0.05, 0) is 73.6 Å². The zero-order valence-electron chi connectivity index (χ0n) is 34.0. The number of benzene rings is 3. The molecule has 1 aliphatic heterocycles. The average molecular weight is 823 g/mol. The van der Waals surface area contributed by atoms with Crippen LogP contribution in [-0.2, 0) is 34.1 Å². The number of nitrogens with zero attached hydrogens (tertiary/aromatic N) is 4. The molecule has 5 aromatic rings. The van der Waals surface area contributed by atoms with Crippen molar-refractivity contribution in [1.82, 2.24) is 24.8 Å². The molecular weight excluding hydrogens is 773 g/mol. The van der Waals surface area contributed by atoms with Crippen LogP contribution in [0.2, 0.25) is 0 Å². The number of nitrogens with one attached hydrogen (secondary N) is 2. The molecule has 7 rings (SSSR count). The van der Waals surface area contributed by atoms with Crippen LogP contribution in [0.1, 0.15) is 68.4 Å². The van der Waals surface area contributed by atoms with Crippen molar-refractivity contribution in [3.05, 3.63) is 108 Å². The van der Waals surface area contributed by atoms with Crippen molar-refractivity contribution in [3.8, 4) is 11.5 Å². The Bertz CT molecular complexity index is 2180. The van der Waals surface area contributed by atoms with E-state index in [-0.39, 0.29) is 49.2 Å². The second kappa shape index (κ2) is 19.0. The minimum absolute atomic E-state index is 0.0523. The van der Waals surface area contributed by atoms with E-state index >= 15 is 0 Å². The van der Waals surface area contributed by atoms with Gasteiger partial charge >= 0.3 is 12.0 Å². The Kier molecular flexibility index (Phi) is 13.3. The Morgan fingerprint density at radius 2 is 1.47 bits per heavy atom. The summed E-state index contributed by atoms with van der Waals surface area (Å²) in [6, 6.07) is 24.5. The number of amides is 2. The standard InChI is InChI=1S/C44H50N6O10/c1-27(51)10-23-36(52)59-34-21-15-31(16-22-34)48-43(54)49-40-37-41(46-25-45-40)50(26-47-37)42-39(57-4)38(53)35(60-42)24-58-44(28-8-6-5-7-9-28,29-11-17-32(55-2)18-12-29)30-13-19-33(56-3)20-14-30/h5-9,11-14,17-20,25-26,31,34-35,38-39,42,53H,10,15-16,21-24H2,1-4H3,(H2,45,46,48,49,54)/t31?,34?,35-,38-,39-,42-/m1/s1.